The standard InChI is InChI=1S/C27H32N6O2.C25H29ClN6O2/c1-3-21-15-22(8-10-29-21)31(2)23-14-20(16-28)27(30-26(23)19-6-7-19)32-11-12-33(25(35)9-13-34)24(17-32)18-4-5-18;1-30(19-6-8-28-22(26)13-19)20-12-18(14-27)25(29-24(20)17-4-5-17)31-9-10-32(23(34)7-11-33)21(15-31)16-2-3-16/h3,8,10,14-15,18-19,24,34H,1,4-7,9,11-13,17H2,2H3;6,8,12-13,16-17,21,33H,2-5,7,9-11,15H2,1H3/t24-;21-/m00/s1. The molecule has 0 radical (unpaired) electrons. The topological polar surface area (TPSA) is 193 Å². The number of amides is 2. The number of pyridine rings is 4. The Kier molecular flexibility index (Phi) is 14.3. The van der Waals surface area contributed by atoms with Gasteiger partial charge < -0.3 is 39.6 Å². The first-order valence-electron chi connectivity index (χ1n) is 24.4. The molecule has 0 bridgehead atoms. The molecule has 0 unspecified atom stereocenters. The Morgan fingerprint density at radius 1 is 0.710 bits per heavy atom. The fourth-order valence-electron chi connectivity index (χ4n) is 10.0. The number of piperazine rings is 2. The summed E-state index contributed by atoms with van der Waals surface area (Å²) in [6, 6.07) is 16.5. The second kappa shape index (κ2) is 20.7. The first-order valence-corrected chi connectivity index (χ1v) is 24.8. The van der Waals surface area contributed by atoms with E-state index in [9.17, 15) is 30.3 Å². The van der Waals surface area contributed by atoms with Gasteiger partial charge in [0.2, 0.25) is 11.8 Å². The molecule has 6 heterocycles. The maximum absolute atomic E-state index is 12.6. The number of hydrogen-bond donors (Lipinski definition) is 2. The molecular formula is C52H61ClN12O4. The maximum Gasteiger partial charge on any atom is 0.225 e. The summed E-state index contributed by atoms with van der Waals surface area (Å²) in [4.78, 5) is 56.2. The summed E-state index contributed by atoms with van der Waals surface area (Å²) < 4.78 is 0. The van der Waals surface area contributed by atoms with Crippen molar-refractivity contribution < 1.29 is 19.8 Å². The molecule has 2 N–H and O–H groups in total. The Bertz CT molecular complexity index is 2650. The van der Waals surface area contributed by atoms with Gasteiger partial charge in [0.05, 0.1) is 64.9 Å². The van der Waals surface area contributed by atoms with Crippen LogP contribution < -0.4 is 19.6 Å². The van der Waals surface area contributed by atoms with Crippen molar-refractivity contribution in [2.24, 2.45) is 11.8 Å². The molecule has 4 saturated carbocycles. The summed E-state index contributed by atoms with van der Waals surface area (Å²) in [6.07, 6.45) is 14.3. The Balaban J connectivity index is 0.000000172. The normalized spacial score (nSPS) is 20.0. The van der Waals surface area contributed by atoms with Crippen molar-refractivity contribution in [1.82, 2.24) is 29.7 Å². The van der Waals surface area contributed by atoms with Crippen LogP contribution in [0.25, 0.3) is 6.08 Å². The van der Waals surface area contributed by atoms with E-state index in [2.05, 4.69) is 43.4 Å². The summed E-state index contributed by atoms with van der Waals surface area (Å²) in [6.45, 7) is 7.35. The number of rotatable bonds is 15. The highest BCUT2D eigenvalue weighted by Gasteiger charge is 2.43. The monoisotopic (exact) mass is 952 g/mol. The minimum Gasteiger partial charge on any atom is -0.396 e. The Morgan fingerprint density at radius 2 is 1.16 bits per heavy atom. The molecular weight excluding hydrogens is 892 g/mol. The van der Waals surface area contributed by atoms with Crippen molar-refractivity contribution >= 4 is 63.9 Å². The minimum absolute atomic E-state index is 0.0131. The summed E-state index contributed by atoms with van der Waals surface area (Å²) in [5.74, 6) is 3.23. The number of nitrogens with zero attached hydrogens (tertiary/aromatic N) is 12. The maximum atomic E-state index is 12.6. The van der Waals surface area contributed by atoms with E-state index < -0.39 is 0 Å². The molecule has 6 aliphatic rings. The van der Waals surface area contributed by atoms with Gasteiger partial charge in [-0.3, -0.25) is 14.6 Å². The number of aliphatic hydroxyl groups excluding tert-OH is 2. The molecule has 10 rings (SSSR count). The molecule has 4 aliphatic carbocycles. The van der Waals surface area contributed by atoms with Gasteiger partial charge in [-0.05, 0) is 106 Å². The van der Waals surface area contributed by atoms with Gasteiger partial charge >= 0.3 is 0 Å². The zero-order chi connectivity index (χ0) is 48.3. The molecule has 6 fully saturated rings. The zero-order valence-corrected chi connectivity index (χ0v) is 40.3. The average Bonchev–Trinajstić information content (AvgIpc) is 4.17. The van der Waals surface area contributed by atoms with E-state index in [1.54, 1.807) is 24.5 Å². The van der Waals surface area contributed by atoms with E-state index in [0.717, 1.165) is 97.0 Å². The fraction of sp³-hybridized carbons (Fsp3) is 0.500. The number of anilines is 6. The average molecular weight is 954 g/mol. The summed E-state index contributed by atoms with van der Waals surface area (Å²) in [7, 11) is 3.96. The quantitative estimate of drug-likeness (QED) is 0.117. The van der Waals surface area contributed by atoms with Crippen molar-refractivity contribution in [1.29, 1.82) is 10.5 Å². The number of hydrogen-bond acceptors (Lipinski definition) is 14. The molecule has 4 aromatic heterocycles. The molecule has 69 heavy (non-hydrogen) atoms. The lowest BCUT2D eigenvalue weighted by atomic mass is 10.0. The lowest BCUT2D eigenvalue weighted by Gasteiger charge is -2.42. The zero-order valence-electron chi connectivity index (χ0n) is 39.6. The predicted octanol–water partition coefficient (Wildman–Crippen LogP) is 6.90. The van der Waals surface area contributed by atoms with Crippen molar-refractivity contribution in [2.75, 3.05) is 86.2 Å². The van der Waals surface area contributed by atoms with Gasteiger partial charge in [0.25, 0.3) is 0 Å². The lowest BCUT2D eigenvalue weighted by molar-refractivity contribution is -0.136. The van der Waals surface area contributed by atoms with Crippen molar-refractivity contribution in [3.05, 3.63) is 88.7 Å². The van der Waals surface area contributed by atoms with Crippen LogP contribution in [0.4, 0.5) is 34.4 Å². The van der Waals surface area contributed by atoms with E-state index >= 15 is 0 Å². The number of carbonyl (C=O) groups excluding carboxylic acids is 2. The number of carbonyl (C=O) groups is 2. The predicted molar refractivity (Wildman–Crippen MR) is 266 cm³/mol. The molecule has 0 spiro atoms. The smallest absolute Gasteiger partial charge is 0.225 e. The lowest BCUT2D eigenvalue weighted by Crippen LogP contribution is -2.56. The van der Waals surface area contributed by atoms with E-state index in [1.165, 1.54) is 0 Å². The third kappa shape index (κ3) is 10.6. The van der Waals surface area contributed by atoms with Crippen molar-refractivity contribution in [3.8, 4) is 12.1 Å². The van der Waals surface area contributed by atoms with Crippen LogP contribution in [0.15, 0.2) is 55.4 Å². The molecule has 4 aromatic rings. The van der Waals surface area contributed by atoms with Crippen LogP contribution in [0.3, 0.4) is 0 Å². The number of aliphatic hydroxyl groups is 2. The number of nitriles is 2. The summed E-state index contributed by atoms with van der Waals surface area (Å²) in [5.41, 5.74) is 7.66. The Labute approximate surface area is 409 Å². The minimum atomic E-state index is -0.126. The molecule has 17 heteroatoms. The second-order valence-corrected chi connectivity index (χ2v) is 19.6. The first kappa shape index (κ1) is 47.7. The van der Waals surface area contributed by atoms with E-state index in [4.69, 9.17) is 21.6 Å². The van der Waals surface area contributed by atoms with Gasteiger partial charge in [-0.15, -0.1) is 0 Å². The Morgan fingerprint density at radius 3 is 1.55 bits per heavy atom. The largest absolute Gasteiger partial charge is 0.396 e. The molecule has 2 atom stereocenters. The van der Waals surface area contributed by atoms with Gasteiger partial charge in [-0.2, -0.15) is 10.5 Å². The van der Waals surface area contributed by atoms with Gasteiger partial charge in [-0.25, -0.2) is 15.0 Å². The SMILES string of the molecule is C=Cc1cc(N(C)c2cc(C#N)c(N3CCN(C(=O)CCO)[C@H](C4CC4)C3)nc2C2CC2)ccn1.CN(c1ccnc(Cl)c1)c1cc(C#N)c(N2CCN(C(=O)CCO)[C@H](C3CC3)C2)nc1C1CC1. The third-order valence-corrected chi connectivity index (χ3v) is 14.6. The van der Waals surface area contributed by atoms with Gasteiger partial charge in [0.15, 0.2) is 0 Å². The van der Waals surface area contributed by atoms with E-state index in [0.29, 0.717) is 85.0 Å². The highest BCUT2D eigenvalue weighted by atomic mass is 35.5. The van der Waals surface area contributed by atoms with Crippen LogP contribution in [0.5, 0.6) is 0 Å². The number of aromatic nitrogens is 4. The highest BCUT2D eigenvalue weighted by Crippen LogP contribution is 2.48. The van der Waals surface area contributed by atoms with E-state index in [1.807, 2.05) is 59.1 Å². The fourth-order valence-corrected chi connectivity index (χ4v) is 10.2. The number of halogens is 1. The third-order valence-electron chi connectivity index (χ3n) is 14.4. The van der Waals surface area contributed by atoms with Crippen molar-refractivity contribution in [3.63, 3.8) is 0 Å². The van der Waals surface area contributed by atoms with Crippen LogP contribution in [0.1, 0.15) is 104 Å². The van der Waals surface area contributed by atoms with Crippen LogP contribution in [0.2, 0.25) is 5.15 Å². The van der Waals surface area contributed by atoms with E-state index in [-0.39, 0.29) is 50.0 Å². The first-order chi connectivity index (χ1) is 33.5. The molecule has 2 aliphatic heterocycles. The van der Waals surface area contributed by atoms with Gasteiger partial charge in [-0.1, -0.05) is 18.2 Å². The molecule has 2 saturated heterocycles. The molecule has 0 aromatic carbocycles. The second-order valence-electron chi connectivity index (χ2n) is 19.2. The van der Waals surface area contributed by atoms with Gasteiger partial charge in [0, 0.05) is 102 Å². The van der Waals surface area contributed by atoms with Crippen LogP contribution in [-0.2, 0) is 9.59 Å². The summed E-state index contributed by atoms with van der Waals surface area (Å²) in [5, 5.41) is 39.1. The van der Waals surface area contributed by atoms with Crippen LogP contribution in [-0.4, -0.2) is 130 Å². The van der Waals surface area contributed by atoms with Crippen LogP contribution >= 0.6 is 11.6 Å². The van der Waals surface area contributed by atoms with Crippen LogP contribution in [0, 0.1) is 34.5 Å². The molecule has 2 amide bonds. The van der Waals surface area contributed by atoms with Gasteiger partial charge in [0.1, 0.15) is 28.9 Å². The Hall–Kier alpha value is -6.33. The molecule has 16 nitrogen and oxygen atoms in total. The highest BCUT2D eigenvalue weighted by molar-refractivity contribution is 6.29. The van der Waals surface area contributed by atoms with Crippen molar-refractivity contribution in [2.45, 2.75) is 88.1 Å². The molecule has 360 valence electrons. The summed E-state index contributed by atoms with van der Waals surface area (Å²) >= 11 is 6.12.